The summed E-state index contributed by atoms with van der Waals surface area (Å²) in [5, 5.41) is 1.87. The van der Waals surface area contributed by atoms with E-state index in [1.54, 1.807) is 0 Å². The van der Waals surface area contributed by atoms with Gasteiger partial charge in [-0.25, -0.2) is 0 Å². The summed E-state index contributed by atoms with van der Waals surface area (Å²) in [6.45, 7) is 62.1. The summed E-state index contributed by atoms with van der Waals surface area (Å²) in [4.78, 5) is 43.6. The Bertz CT molecular complexity index is 2090. The molecule has 2 saturated carbocycles. The van der Waals surface area contributed by atoms with Crippen LogP contribution in [0, 0.1) is 95.7 Å². The van der Waals surface area contributed by atoms with E-state index in [0.717, 1.165) is 165 Å². The predicted octanol–water partition coefficient (Wildman–Crippen LogP) is 24.9. The highest BCUT2D eigenvalue weighted by molar-refractivity contribution is 8.17. The van der Waals surface area contributed by atoms with Gasteiger partial charge in [-0.3, -0.25) is 19.2 Å². The maximum atomic E-state index is 11.0. The number of rotatable bonds is 0. The lowest BCUT2D eigenvalue weighted by Crippen LogP contribution is -2.27. The number of thioether (sulfide) groups is 6. The number of carbonyl (C=O) groups is 4. The lowest BCUT2D eigenvalue weighted by molar-refractivity contribution is -0.187. The van der Waals surface area contributed by atoms with Crippen molar-refractivity contribution in [2.24, 2.45) is 88.8 Å². The van der Waals surface area contributed by atoms with Gasteiger partial charge < -0.3 is 42.6 Å². The monoisotopic (exact) mass is 1690 g/mol. The number of hydrogen-bond acceptors (Lipinski definition) is 19. The first-order valence-electron chi connectivity index (χ1n) is 44.4. The van der Waals surface area contributed by atoms with Gasteiger partial charge in [0.1, 0.15) is 17.3 Å². The van der Waals surface area contributed by atoms with Crippen LogP contribution in [-0.2, 0) is 63.5 Å². The van der Waals surface area contributed by atoms with Crippen molar-refractivity contribution in [3.8, 4) is 5.75 Å². The summed E-state index contributed by atoms with van der Waals surface area (Å²) in [5.74, 6) is 19.7. The fourth-order valence-corrected chi connectivity index (χ4v) is 20.2. The zero-order valence-corrected chi connectivity index (χ0v) is 80.9. The van der Waals surface area contributed by atoms with Gasteiger partial charge in [-0.05, 0) is 276 Å². The molecule has 1 aromatic carbocycles. The van der Waals surface area contributed by atoms with E-state index in [0.29, 0.717) is 65.2 Å². The fourth-order valence-electron chi connectivity index (χ4n) is 13.1. The minimum absolute atomic E-state index is 0.0196. The average Bonchev–Trinajstić information content (AvgIpc) is 0.839. The average molecular weight is 1690 g/mol. The molecule has 0 radical (unpaired) electrons. The van der Waals surface area contributed by atoms with Crippen molar-refractivity contribution in [3.63, 3.8) is 0 Å². The minimum Gasteiger partial charge on any atom is -0.493 e. The smallest absolute Gasteiger partial charge is 0.308 e. The summed E-state index contributed by atoms with van der Waals surface area (Å²) in [5.41, 5.74) is 2.64. The molecule has 12 fully saturated rings. The van der Waals surface area contributed by atoms with Gasteiger partial charge in [0.15, 0.2) is 12.6 Å². The highest BCUT2D eigenvalue weighted by Crippen LogP contribution is 2.35. The highest BCUT2D eigenvalue weighted by Gasteiger charge is 2.27. The lowest BCUT2D eigenvalue weighted by Gasteiger charge is -2.24. The fraction of sp³-hybridized carbons (Fsp3) is 0.892. The van der Waals surface area contributed by atoms with Crippen LogP contribution >= 0.6 is 70.6 Å². The lowest BCUT2D eigenvalue weighted by atomic mass is 9.83. The number of Topliss-reactive ketones (excluding diaryl/α,β-unsaturated/α-hetero) is 2. The first kappa shape index (κ1) is 107. The molecule has 10 saturated heterocycles. The second-order valence-electron chi connectivity index (χ2n) is 36.4. The third-order valence-electron chi connectivity index (χ3n) is 22.0. The molecule has 11 heterocycles. The van der Waals surface area contributed by atoms with Gasteiger partial charge in [0, 0.05) is 69.4 Å². The van der Waals surface area contributed by atoms with Gasteiger partial charge in [-0.15, -0.1) is 47.0 Å². The molecule has 112 heavy (non-hydrogen) atoms. The van der Waals surface area contributed by atoms with E-state index < -0.39 is 0 Å². The summed E-state index contributed by atoms with van der Waals surface area (Å²) in [7, 11) is 0. The van der Waals surface area contributed by atoms with Gasteiger partial charge in [0.25, 0.3) is 0 Å². The molecule has 0 amide bonds. The molecule has 0 aromatic heterocycles. The van der Waals surface area contributed by atoms with Crippen molar-refractivity contribution in [2.45, 2.75) is 359 Å². The molecule has 656 valence electrons. The Labute approximate surface area is 714 Å². The molecule has 1 aromatic rings. The number of fused-ring (bicyclic) bond motifs is 1. The van der Waals surface area contributed by atoms with Gasteiger partial charge in [-0.2, -0.15) is 23.5 Å². The molecule has 0 spiro atoms. The van der Waals surface area contributed by atoms with Crippen LogP contribution in [0.2, 0.25) is 0 Å². The van der Waals surface area contributed by atoms with Gasteiger partial charge >= 0.3 is 11.9 Å². The van der Waals surface area contributed by atoms with Gasteiger partial charge in [-0.1, -0.05) is 130 Å². The topological polar surface area (TPSA) is 151 Å². The van der Waals surface area contributed by atoms with Crippen LogP contribution < -0.4 is 4.74 Å². The van der Waals surface area contributed by atoms with E-state index in [1.807, 2.05) is 55.4 Å². The van der Waals surface area contributed by atoms with E-state index in [2.05, 4.69) is 213 Å². The minimum atomic E-state index is -0.0336. The first-order valence-corrected chi connectivity index (χ1v) is 50.7. The van der Waals surface area contributed by atoms with Crippen molar-refractivity contribution < 1.29 is 61.8 Å². The molecule has 19 heteroatoms. The number of aryl methyl sites for hydroxylation is 1. The van der Waals surface area contributed by atoms with Crippen molar-refractivity contribution in [3.05, 3.63) is 29.3 Å². The van der Waals surface area contributed by atoms with Crippen LogP contribution in [0.1, 0.15) is 300 Å². The van der Waals surface area contributed by atoms with E-state index >= 15 is 0 Å². The molecule has 13 nitrogen and oxygen atoms in total. The van der Waals surface area contributed by atoms with E-state index in [1.165, 1.54) is 110 Å². The summed E-state index contributed by atoms with van der Waals surface area (Å²) >= 11 is 12.6. The molecular formula is C93H170O13S6. The number of benzene rings is 1. The van der Waals surface area contributed by atoms with Crippen LogP contribution in [0.5, 0.6) is 5.75 Å². The molecule has 2 aliphatic carbocycles. The van der Waals surface area contributed by atoms with Crippen LogP contribution in [0.3, 0.4) is 0 Å². The quantitative estimate of drug-likeness (QED) is 0.226. The Morgan fingerprint density at radius 2 is 0.607 bits per heavy atom. The molecule has 17 atom stereocenters. The first-order chi connectivity index (χ1) is 52.8. The number of ether oxygens (including phenoxy) is 9. The van der Waals surface area contributed by atoms with E-state index in [9.17, 15) is 19.2 Å². The highest BCUT2D eigenvalue weighted by atomic mass is 32.2. The maximum absolute atomic E-state index is 11.0. The van der Waals surface area contributed by atoms with Crippen molar-refractivity contribution in [1.82, 2.24) is 0 Å². The van der Waals surface area contributed by atoms with Crippen LogP contribution in [-0.4, -0.2) is 161 Å². The SMILES string of the molecule is CC1CCC(C)C(=O)C1.CC1CCC(C)C(=O)C1.CC1CCC(C)C(=O)O1.CC1CCC(C)C(=O)O1.CC1CCC(C)OC1.CC1CCC(C)OC1.CC1CCC(C)SC1.CC1CCC(C)SC1.CC1COC(C)OC1.CC1COC(C)OC1.CC1CSC(C)SC1.CC1CSC(C)SC1.Cc1ccc2c(c1)OCC(C)C2. The molecule has 17 unspecified atom stereocenters. The normalized spacial score (nSPS) is 36.7. The molecular weight excluding hydrogens is 1520 g/mol. The largest absolute Gasteiger partial charge is 0.493 e. The zero-order chi connectivity index (χ0) is 83.8. The van der Waals surface area contributed by atoms with Crippen LogP contribution in [0.25, 0.3) is 0 Å². The summed E-state index contributed by atoms with van der Waals surface area (Å²) in [6.07, 6.45) is 23.9. The standard InChI is InChI=1S/C11H14O.2C8H14O.2C7H12O2.2C7H14O.2C7H14S.2C6H12O2.2C6H12S2/c1-8-3-4-10-5-9(2)7-12-11(10)6-8;2*1-6-3-4-7(2)8(9)5-6;2*1-5-3-4-6(2)9-7(5)8;4*1-6-3-4-7(2)8-5-6;4*1-5-3-7-6(2)8-4-5/h3-4,6,9H,5,7H2,1-2H3;2*6-7H,3-5H2,1-2H3;2*5-6H,3-4H2,1-2H3;4*6-7H,3-5H2,1-2H3;4*5-6H,3-4H2,1-2H3. The molecule has 13 aliphatic rings. The Kier molecular flexibility index (Phi) is 59.6. The Balaban J connectivity index is 0.000000412. The number of ketones is 2. The third kappa shape index (κ3) is 54.4. The Morgan fingerprint density at radius 3 is 0.875 bits per heavy atom. The third-order valence-corrected chi connectivity index (χ3v) is 31.7. The van der Waals surface area contributed by atoms with Crippen molar-refractivity contribution >= 4 is 94.1 Å². The predicted molar refractivity (Wildman–Crippen MR) is 488 cm³/mol. The molecule has 0 bridgehead atoms. The number of esters is 2. The van der Waals surface area contributed by atoms with E-state index in [4.69, 9.17) is 42.6 Å². The maximum Gasteiger partial charge on any atom is 0.308 e. The van der Waals surface area contributed by atoms with E-state index in [-0.39, 0.29) is 48.6 Å². The second-order valence-corrected chi connectivity index (χ2v) is 45.4. The number of carbonyl (C=O) groups excluding carboxylic acids is 4. The molecule has 14 rings (SSSR count). The molecule has 11 aliphatic heterocycles. The Hall–Kier alpha value is -0.840. The Morgan fingerprint density at radius 1 is 0.286 bits per heavy atom. The zero-order valence-electron chi connectivity index (χ0n) is 76.0. The second kappa shape index (κ2) is 62.3. The number of cyclic esters (lactones) is 2. The van der Waals surface area contributed by atoms with Gasteiger partial charge in [0.2, 0.25) is 0 Å². The van der Waals surface area contributed by atoms with Crippen molar-refractivity contribution in [1.29, 1.82) is 0 Å². The van der Waals surface area contributed by atoms with Gasteiger partial charge in [0.05, 0.1) is 69.3 Å². The molecule has 0 N–H and O–H groups in total. The summed E-state index contributed by atoms with van der Waals surface area (Å²) in [6, 6.07) is 6.46. The summed E-state index contributed by atoms with van der Waals surface area (Å²) < 4.78 is 48.7. The number of hydrogen-bond donors (Lipinski definition) is 0. The van der Waals surface area contributed by atoms with Crippen LogP contribution in [0.15, 0.2) is 18.2 Å². The van der Waals surface area contributed by atoms with Crippen molar-refractivity contribution in [2.75, 3.05) is 80.8 Å². The van der Waals surface area contributed by atoms with Crippen LogP contribution in [0.4, 0.5) is 0 Å².